The third-order valence-electron chi connectivity index (χ3n) is 6.79. The predicted molar refractivity (Wildman–Crippen MR) is 131 cm³/mol. The molecule has 1 aliphatic heterocycles. The van der Waals surface area contributed by atoms with Crippen molar-refractivity contribution in [1.82, 2.24) is 0 Å². The van der Waals surface area contributed by atoms with Crippen molar-refractivity contribution in [3.63, 3.8) is 0 Å². The van der Waals surface area contributed by atoms with Gasteiger partial charge in [-0.25, -0.2) is 0 Å². The average molecular weight is 433 g/mol. The molecule has 0 amide bonds. The van der Waals surface area contributed by atoms with E-state index in [0.29, 0.717) is 0 Å². The van der Waals surface area contributed by atoms with E-state index in [2.05, 4.69) is 72.8 Å². The van der Waals surface area contributed by atoms with Gasteiger partial charge in [-0.2, -0.15) is 0 Å². The highest BCUT2D eigenvalue weighted by atomic mass is 16.5. The molecule has 0 N–H and O–H groups in total. The first-order valence-corrected chi connectivity index (χ1v) is 11.1. The summed E-state index contributed by atoms with van der Waals surface area (Å²) in [6.07, 6.45) is 5.35. The van der Waals surface area contributed by atoms with Crippen molar-refractivity contribution in [2.24, 2.45) is 0 Å². The molecule has 4 aromatic carbocycles. The van der Waals surface area contributed by atoms with Gasteiger partial charge in [-0.05, 0) is 65.1 Å². The van der Waals surface area contributed by atoms with Crippen LogP contribution in [0.25, 0.3) is 17.2 Å². The van der Waals surface area contributed by atoms with Gasteiger partial charge < -0.3 is 14.2 Å². The molecule has 1 heterocycles. The van der Waals surface area contributed by atoms with Crippen LogP contribution >= 0.6 is 0 Å². The number of fused-ring (bicyclic) bond motifs is 5. The third-order valence-corrected chi connectivity index (χ3v) is 6.79. The summed E-state index contributed by atoms with van der Waals surface area (Å²) in [6, 6.07) is 29.2. The summed E-state index contributed by atoms with van der Waals surface area (Å²) in [4.78, 5) is 0. The monoisotopic (exact) mass is 432 g/mol. The highest BCUT2D eigenvalue weighted by molar-refractivity contribution is 5.83. The van der Waals surface area contributed by atoms with E-state index >= 15 is 0 Å². The predicted octanol–water partition coefficient (Wildman–Crippen LogP) is 6.62. The lowest BCUT2D eigenvalue weighted by Gasteiger charge is -2.36. The van der Waals surface area contributed by atoms with Crippen molar-refractivity contribution in [1.29, 1.82) is 0 Å². The fourth-order valence-corrected chi connectivity index (χ4v) is 5.05. The van der Waals surface area contributed by atoms with Crippen LogP contribution in [-0.4, -0.2) is 14.2 Å². The average Bonchev–Trinajstić information content (AvgIpc) is 3.27. The molecule has 2 aliphatic rings. The Balaban J connectivity index is 1.49. The molecule has 0 atom stereocenters. The van der Waals surface area contributed by atoms with Crippen LogP contribution in [-0.2, 0) is 12.0 Å². The highest BCUT2D eigenvalue weighted by Crippen LogP contribution is 2.48. The maximum absolute atomic E-state index is 6.89. The second kappa shape index (κ2) is 7.56. The van der Waals surface area contributed by atoms with Gasteiger partial charge >= 0.3 is 0 Å². The number of ether oxygens (including phenoxy) is 3. The summed E-state index contributed by atoms with van der Waals surface area (Å²) < 4.78 is 17.7. The molecule has 3 heteroatoms. The van der Waals surface area contributed by atoms with Crippen molar-refractivity contribution in [3.05, 3.63) is 119 Å². The van der Waals surface area contributed by atoms with Gasteiger partial charge in [-0.15, -0.1) is 0 Å². The van der Waals surface area contributed by atoms with Crippen molar-refractivity contribution in [2.45, 2.75) is 12.0 Å². The first-order chi connectivity index (χ1) is 16.2. The Labute approximate surface area is 193 Å². The Hall–Kier alpha value is -3.98. The summed E-state index contributed by atoms with van der Waals surface area (Å²) >= 11 is 0. The quantitative estimate of drug-likeness (QED) is 0.319. The zero-order chi connectivity index (χ0) is 22.4. The minimum Gasteiger partial charge on any atom is -0.497 e. The van der Waals surface area contributed by atoms with E-state index in [4.69, 9.17) is 14.2 Å². The van der Waals surface area contributed by atoms with Crippen LogP contribution in [0.4, 0.5) is 0 Å². The lowest BCUT2D eigenvalue weighted by atomic mass is 9.83. The number of hydrogen-bond donors (Lipinski definition) is 0. The largest absolute Gasteiger partial charge is 0.497 e. The standard InChI is InChI=1S/C30H24O3/c1-31-23-11-7-21(8-12-23)30(22-9-13-24(32-2)14-10-22)18-17-27-28-19-20-5-3-4-6-25(20)26(28)15-16-29(27)33-30/h3-18H,19H2,1-2H3. The van der Waals surface area contributed by atoms with E-state index in [1.807, 2.05) is 24.3 Å². The van der Waals surface area contributed by atoms with E-state index in [1.165, 1.54) is 27.8 Å². The molecule has 0 radical (unpaired) electrons. The van der Waals surface area contributed by atoms with Crippen molar-refractivity contribution in [3.8, 4) is 28.4 Å². The van der Waals surface area contributed by atoms with E-state index in [9.17, 15) is 0 Å². The molecule has 4 aromatic rings. The van der Waals surface area contributed by atoms with Gasteiger partial charge in [-0.1, -0.05) is 60.7 Å². The van der Waals surface area contributed by atoms with Crippen molar-refractivity contribution >= 4 is 6.08 Å². The molecule has 0 aromatic heterocycles. The van der Waals surface area contributed by atoms with Gasteiger partial charge in [0.2, 0.25) is 0 Å². The molecule has 1 aliphatic carbocycles. The maximum atomic E-state index is 6.89. The van der Waals surface area contributed by atoms with Crippen LogP contribution in [0.1, 0.15) is 27.8 Å². The normalized spacial score (nSPS) is 14.6. The molecule has 162 valence electrons. The Morgan fingerprint density at radius 2 is 1.33 bits per heavy atom. The lowest BCUT2D eigenvalue weighted by Crippen LogP contribution is -2.34. The van der Waals surface area contributed by atoms with Gasteiger partial charge in [0.15, 0.2) is 5.60 Å². The minimum atomic E-state index is -0.745. The first kappa shape index (κ1) is 19.7. The van der Waals surface area contributed by atoms with Crippen LogP contribution in [0.15, 0.2) is 91.0 Å². The molecule has 6 rings (SSSR count). The van der Waals surface area contributed by atoms with E-state index in [0.717, 1.165) is 34.8 Å². The zero-order valence-electron chi connectivity index (χ0n) is 18.7. The molecule has 0 fully saturated rings. The van der Waals surface area contributed by atoms with Crippen LogP contribution in [0.2, 0.25) is 0 Å². The SMILES string of the molecule is COc1ccc(C2(c3ccc(OC)cc3)C=Cc3c(ccc4c3Cc3ccccc3-4)O2)cc1. The van der Waals surface area contributed by atoms with Gasteiger partial charge in [0.05, 0.1) is 14.2 Å². The zero-order valence-corrected chi connectivity index (χ0v) is 18.7. The molecule has 0 unspecified atom stereocenters. The van der Waals surface area contributed by atoms with Gasteiger partial charge in [0.25, 0.3) is 0 Å². The first-order valence-electron chi connectivity index (χ1n) is 11.1. The van der Waals surface area contributed by atoms with E-state index < -0.39 is 5.60 Å². The number of rotatable bonds is 4. The minimum absolute atomic E-state index is 0.745. The second-order valence-corrected chi connectivity index (χ2v) is 8.47. The summed E-state index contributed by atoms with van der Waals surface area (Å²) in [5, 5.41) is 0. The molecule has 0 bridgehead atoms. The summed E-state index contributed by atoms with van der Waals surface area (Å²) in [6.45, 7) is 0. The van der Waals surface area contributed by atoms with Gasteiger partial charge in [0, 0.05) is 16.7 Å². The summed E-state index contributed by atoms with van der Waals surface area (Å²) in [5.41, 5.74) is 7.84. The smallest absolute Gasteiger partial charge is 0.178 e. The van der Waals surface area contributed by atoms with Crippen LogP contribution in [0.3, 0.4) is 0 Å². The molecule has 33 heavy (non-hydrogen) atoms. The third kappa shape index (κ3) is 3.04. The molecular formula is C30H24O3. The Morgan fingerprint density at radius 3 is 1.97 bits per heavy atom. The Kier molecular flexibility index (Phi) is 4.51. The van der Waals surface area contributed by atoms with Crippen LogP contribution < -0.4 is 14.2 Å². The lowest BCUT2D eigenvalue weighted by molar-refractivity contribution is 0.160. The van der Waals surface area contributed by atoms with E-state index in [-0.39, 0.29) is 0 Å². The Morgan fingerprint density at radius 1 is 0.697 bits per heavy atom. The second-order valence-electron chi connectivity index (χ2n) is 8.47. The van der Waals surface area contributed by atoms with Crippen LogP contribution in [0.5, 0.6) is 17.2 Å². The Bertz CT molecular complexity index is 1320. The summed E-state index contributed by atoms with van der Waals surface area (Å²) in [7, 11) is 3.36. The van der Waals surface area contributed by atoms with Gasteiger partial charge in [-0.3, -0.25) is 0 Å². The number of hydrogen-bond acceptors (Lipinski definition) is 3. The molecule has 0 saturated carbocycles. The molecule has 0 spiro atoms. The van der Waals surface area contributed by atoms with Crippen LogP contribution in [0, 0.1) is 0 Å². The van der Waals surface area contributed by atoms with Gasteiger partial charge in [0.1, 0.15) is 17.2 Å². The fourth-order valence-electron chi connectivity index (χ4n) is 5.05. The molecular weight excluding hydrogens is 408 g/mol. The molecule has 3 nitrogen and oxygen atoms in total. The van der Waals surface area contributed by atoms with Crippen molar-refractivity contribution in [2.75, 3.05) is 14.2 Å². The summed E-state index contributed by atoms with van der Waals surface area (Å²) in [5.74, 6) is 2.54. The fraction of sp³-hybridized carbons (Fsp3) is 0.133. The topological polar surface area (TPSA) is 27.7 Å². The van der Waals surface area contributed by atoms with E-state index in [1.54, 1.807) is 14.2 Å². The molecule has 0 saturated heterocycles. The number of methoxy groups -OCH3 is 2. The maximum Gasteiger partial charge on any atom is 0.178 e. The number of benzene rings is 4. The van der Waals surface area contributed by atoms with Crippen molar-refractivity contribution < 1.29 is 14.2 Å². The highest BCUT2D eigenvalue weighted by Gasteiger charge is 2.38.